The topological polar surface area (TPSA) is 96.0 Å². The molecule has 4 rings (SSSR count). The summed E-state index contributed by atoms with van der Waals surface area (Å²) in [6.07, 6.45) is 0. The molecule has 0 aliphatic rings. The van der Waals surface area contributed by atoms with Crippen molar-refractivity contribution >= 4 is 57.2 Å². The third kappa shape index (κ3) is 6.33. The molecule has 0 radical (unpaired) electrons. The maximum atomic E-state index is 13.0. The first-order valence-electron chi connectivity index (χ1n) is 11.9. The number of hydrogen-bond acceptors (Lipinski definition) is 6. The Hall–Kier alpha value is -3.88. The Morgan fingerprint density at radius 2 is 1.66 bits per heavy atom. The van der Waals surface area contributed by atoms with Crippen LogP contribution >= 0.6 is 23.2 Å². The van der Waals surface area contributed by atoms with Crippen LogP contribution in [-0.4, -0.2) is 55.2 Å². The second kappa shape index (κ2) is 12.6. The van der Waals surface area contributed by atoms with Crippen molar-refractivity contribution in [3.63, 3.8) is 0 Å². The minimum absolute atomic E-state index is 0.0268. The number of hydrogen-bond donors (Lipinski definition) is 3. The number of phenols is 1. The first-order valence-corrected chi connectivity index (χ1v) is 12.9. The van der Waals surface area contributed by atoms with E-state index in [1.165, 1.54) is 7.11 Å². The number of pyridine rings is 1. The Morgan fingerprint density at radius 3 is 2.32 bits per heavy atom. The van der Waals surface area contributed by atoms with E-state index in [0.29, 0.717) is 64.3 Å². The number of aromatic nitrogens is 1. The lowest BCUT2D eigenvalue weighted by Gasteiger charge is -2.23. The third-order valence-corrected chi connectivity index (χ3v) is 6.28. The van der Waals surface area contributed by atoms with Crippen LogP contribution in [0.5, 0.6) is 17.2 Å². The van der Waals surface area contributed by atoms with Crippen molar-refractivity contribution in [2.45, 2.75) is 0 Å². The Labute approximate surface area is 231 Å². The summed E-state index contributed by atoms with van der Waals surface area (Å²) in [5.41, 5.74) is 4.11. The summed E-state index contributed by atoms with van der Waals surface area (Å²) in [6.45, 7) is 1.35. The fraction of sp³-hybridized carbons (Fsp3) is 0.214. The zero-order chi connectivity index (χ0) is 27.1. The van der Waals surface area contributed by atoms with Gasteiger partial charge in [-0.3, -0.25) is 0 Å². The first-order chi connectivity index (χ1) is 18.4. The molecule has 198 valence electrons. The largest absolute Gasteiger partial charge is 0.504 e. The van der Waals surface area contributed by atoms with Crippen LogP contribution in [-0.2, 0) is 0 Å². The van der Waals surface area contributed by atoms with E-state index >= 15 is 0 Å². The Bertz CT molecular complexity index is 1410. The smallest absolute Gasteiger partial charge is 0.323 e. The van der Waals surface area contributed by atoms with E-state index in [1.807, 2.05) is 36.4 Å². The lowest BCUT2D eigenvalue weighted by molar-refractivity contribution is 0.262. The molecule has 1 aromatic heterocycles. The lowest BCUT2D eigenvalue weighted by Crippen LogP contribution is -2.27. The number of carbonyl (C=O) groups excluding carboxylic acids is 1. The Kier molecular flexibility index (Phi) is 8.99. The molecule has 0 saturated heterocycles. The molecule has 4 aromatic rings. The fourth-order valence-corrected chi connectivity index (χ4v) is 4.44. The van der Waals surface area contributed by atoms with Gasteiger partial charge in [-0.05, 0) is 66.7 Å². The molecule has 0 aliphatic heterocycles. The predicted octanol–water partition coefficient (Wildman–Crippen LogP) is 6.55. The molecular formula is C28H28Cl2N4O4. The van der Waals surface area contributed by atoms with Crippen LogP contribution in [0.3, 0.4) is 0 Å². The van der Waals surface area contributed by atoms with Crippen LogP contribution in [0, 0.1) is 0 Å². The minimum atomic E-state index is -0.416. The number of fused-ring (bicyclic) bond motifs is 1. The van der Waals surface area contributed by atoms with Gasteiger partial charge in [0.25, 0.3) is 0 Å². The molecule has 0 spiro atoms. The van der Waals surface area contributed by atoms with Crippen LogP contribution < -0.4 is 25.0 Å². The molecule has 38 heavy (non-hydrogen) atoms. The number of urea groups is 1. The number of rotatable bonds is 10. The van der Waals surface area contributed by atoms with Crippen LogP contribution in [0.4, 0.5) is 21.9 Å². The predicted molar refractivity (Wildman–Crippen MR) is 155 cm³/mol. The zero-order valence-corrected chi connectivity index (χ0v) is 22.5. The monoisotopic (exact) mass is 554 g/mol. The van der Waals surface area contributed by atoms with Crippen LogP contribution in [0.15, 0.2) is 66.7 Å². The molecule has 3 N–H and O–H groups in total. The fourth-order valence-electron chi connectivity index (χ4n) is 4.03. The average molecular weight is 555 g/mol. The van der Waals surface area contributed by atoms with Crippen LogP contribution in [0.2, 0.25) is 0 Å². The van der Waals surface area contributed by atoms with E-state index in [1.54, 1.807) is 37.4 Å². The van der Waals surface area contributed by atoms with E-state index in [9.17, 15) is 9.90 Å². The average Bonchev–Trinajstić information content (AvgIpc) is 2.93. The van der Waals surface area contributed by atoms with Crippen molar-refractivity contribution in [1.29, 1.82) is 0 Å². The molecule has 0 atom stereocenters. The second-order valence-corrected chi connectivity index (χ2v) is 9.07. The molecule has 8 nitrogen and oxygen atoms in total. The number of anilines is 3. The van der Waals surface area contributed by atoms with Crippen molar-refractivity contribution in [3.8, 4) is 28.5 Å². The van der Waals surface area contributed by atoms with Crippen LogP contribution in [0.1, 0.15) is 0 Å². The van der Waals surface area contributed by atoms with Gasteiger partial charge >= 0.3 is 6.03 Å². The van der Waals surface area contributed by atoms with Crippen molar-refractivity contribution in [2.75, 3.05) is 54.6 Å². The SMILES string of the molecule is COc1ccc2nc(-c3ccc(O)c(OC)c3)cc(NC(=O)Nc3ccc(N(CCCl)CCCl)cc3)c2c1. The highest BCUT2D eigenvalue weighted by atomic mass is 35.5. The van der Waals surface area contributed by atoms with Crippen molar-refractivity contribution in [1.82, 2.24) is 4.98 Å². The molecule has 1 heterocycles. The molecular weight excluding hydrogens is 527 g/mol. The number of nitrogens with zero attached hydrogens (tertiary/aromatic N) is 2. The summed E-state index contributed by atoms with van der Waals surface area (Å²) >= 11 is 11.8. The van der Waals surface area contributed by atoms with E-state index in [0.717, 1.165) is 11.3 Å². The van der Waals surface area contributed by atoms with Gasteiger partial charge < -0.3 is 30.1 Å². The molecule has 0 fully saturated rings. The normalized spacial score (nSPS) is 10.7. The van der Waals surface area contributed by atoms with E-state index in [4.69, 9.17) is 37.7 Å². The number of amides is 2. The van der Waals surface area contributed by atoms with E-state index in [-0.39, 0.29) is 5.75 Å². The first kappa shape index (κ1) is 27.2. The van der Waals surface area contributed by atoms with Crippen molar-refractivity contribution in [3.05, 3.63) is 66.7 Å². The van der Waals surface area contributed by atoms with Crippen LogP contribution in [0.25, 0.3) is 22.2 Å². The Balaban J connectivity index is 1.62. The number of nitrogens with one attached hydrogen (secondary N) is 2. The number of halogens is 2. The van der Waals surface area contributed by atoms with Gasteiger partial charge in [0.1, 0.15) is 5.75 Å². The molecule has 0 saturated carbocycles. The maximum absolute atomic E-state index is 13.0. The highest BCUT2D eigenvalue weighted by Crippen LogP contribution is 2.35. The van der Waals surface area contributed by atoms with Crippen molar-refractivity contribution in [2.24, 2.45) is 0 Å². The number of methoxy groups -OCH3 is 2. The molecule has 3 aromatic carbocycles. The van der Waals surface area contributed by atoms with Gasteiger partial charge in [0.2, 0.25) is 0 Å². The standard InChI is InChI=1S/C28H28Cl2N4O4/c1-37-21-8-9-23-22(16-21)25(17-24(32-23)18-3-10-26(35)27(15-18)38-2)33-28(36)31-19-4-6-20(7-5-19)34(13-11-29)14-12-30/h3-10,15-17,35H,11-14H2,1-2H3,(H2,31,32,33,36). The molecule has 0 aliphatic carbocycles. The number of aromatic hydroxyl groups is 1. The van der Waals surface area contributed by atoms with E-state index < -0.39 is 6.03 Å². The summed E-state index contributed by atoms with van der Waals surface area (Å²) in [4.78, 5) is 19.9. The quantitative estimate of drug-likeness (QED) is 0.192. The number of ether oxygens (including phenoxy) is 2. The maximum Gasteiger partial charge on any atom is 0.323 e. The third-order valence-electron chi connectivity index (χ3n) is 5.94. The molecule has 2 amide bonds. The van der Waals surface area contributed by atoms with Gasteiger partial charge in [0.05, 0.1) is 31.1 Å². The highest BCUT2D eigenvalue weighted by Gasteiger charge is 2.14. The summed E-state index contributed by atoms with van der Waals surface area (Å²) in [5.74, 6) is 1.96. The molecule has 0 bridgehead atoms. The van der Waals surface area contributed by atoms with Crippen molar-refractivity contribution < 1.29 is 19.4 Å². The minimum Gasteiger partial charge on any atom is -0.504 e. The number of benzene rings is 3. The van der Waals surface area contributed by atoms with Gasteiger partial charge in [-0.15, -0.1) is 23.2 Å². The van der Waals surface area contributed by atoms with Gasteiger partial charge in [-0.25, -0.2) is 9.78 Å². The number of alkyl halides is 2. The Morgan fingerprint density at radius 1 is 0.921 bits per heavy atom. The summed E-state index contributed by atoms with van der Waals surface area (Å²) in [5, 5.41) is 16.5. The van der Waals surface area contributed by atoms with Gasteiger partial charge in [-0.1, -0.05) is 0 Å². The van der Waals surface area contributed by atoms with E-state index in [2.05, 4.69) is 15.5 Å². The summed E-state index contributed by atoms with van der Waals surface area (Å²) < 4.78 is 10.6. The summed E-state index contributed by atoms with van der Waals surface area (Å²) in [7, 11) is 3.06. The zero-order valence-electron chi connectivity index (χ0n) is 21.0. The van der Waals surface area contributed by atoms with Gasteiger partial charge in [0.15, 0.2) is 11.5 Å². The number of carbonyl (C=O) groups is 1. The number of phenolic OH excluding ortho intramolecular Hbond substituents is 1. The van der Waals surface area contributed by atoms with Gasteiger partial charge in [0, 0.05) is 47.2 Å². The molecule has 0 unspecified atom stereocenters. The lowest BCUT2D eigenvalue weighted by atomic mass is 10.1. The highest BCUT2D eigenvalue weighted by molar-refractivity contribution is 6.18. The van der Waals surface area contributed by atoms with Gasteiger partial charge in [-0.2, -0.15) is 0 Å². The second-order valence-electron chi connectivity index (χ2n) is 8.32. The molecule has 10 heteroatoms. The summed E-state index contributed by atoms with van der Waals surface area (Å²) in [6, 6.07) is 19.2.